The van der Waals surface area contributed by atoms with E-state index in [0.717, 1.165) is 27.5 Å². The van der Waals surface area contributed by atoms with Gasteiger partial charge < -0.3 is 5.11 Å². The Morgan fingerprint density at radius 3 is 2.29 bits per heavy atom. The lowest BCUT2D eigenvalue weighted by molar-refractivity contribution is -0.138. The van der Waals surface area contributed by atoms with Gasteiger partial charge in [0.1, 0.15) is 0 Å². The van der Waals surface area contributed by atoms with Gasteiger partial charge in [-0.15, -0.1) is 0 Å². The summed E-state index contributed by atoms with van der Waals surface area (Å²) in [6, 6.07) is 21.9. The number of carbonyl (C=O) groups is 1. The number of benzene rings is 3. The highest BCUT2D eigenvalue weighted by molar-refractivity contribution is 5.96. The molecule has 0 spiro atoms. The van der Waals surface area contributed by atoms with E-state index in [1.807, 2.05) is 60.7 Å². The van der Waals surface area contributed by atoms with Crippen LogP contribution in [0.1, 0.15) is 18.4 Å². The van der Waals surface area contributed by atoms with E-state index in [9.17, 15) is 9.90 Å². The van der Waals surface area contributed by atoms with E-state index in [0.29, 0.717) is 0 Å². The van der Waals surface area contributed by atoms with E-state index in [2.05, 4.69) is 6.07 Å². The molecule has 0 unspecified atom stereocenters. The molecule has 2 nitrogen and oxygen atoms in total. The van der Waals surface area contributed by atoms with Crippen LogP contribution in [0.3, 0.4) is 0 Å². The Hall–Kier alpha value is -2.61. The second kappa shape index (κ2) is 5.41. The van der Waals surface area contributed by atoms with Crippen LogP contribution in [-0.2, 0) is 4.79 Å². The molecule has 1 atom stereocenters. The summed E-state index contributed by atoms with van der Waals surface area (Å²) in [5, 5.41) is 11.5. The minimum atomic E-state index is -0.802. The summed E-state index contributed by atoms with van der Waals surface area (Å²) in [7, 11) is 0. The predicted molar refractivity (Wildman–Crippen MR) is 85.4 cm³/mol. The Kier molecular flexibility index (Phi) is 3.44. The van der Waals surface area contributed by atoms with Crippen LogP contribution in [0.25, 0.3) is 21.9 Å². The zero-order valence-corrected chi connectivity index (χ0v) is 11.8. The lowest BCUT2D eigenvalue weighted by Crippen LogP contribution is -2.09. The van der Waals surface area contributed by atoms with Crippen LogP contribution >= 0.6 is 0 Å². The van der Waals surface area contributed by atoms with E-state index >= 15 is 0 Å². The molecule has 1 N–H and O–H groups in total. The number of hydrogen-bond donors (Lipinski definition) is 1. The van der Waals surface area contributed by atoms with E-state index in [1.54, 1.807) is 6.92 Å². The first kappa shape index (κ1) is 13.4. The molecular formula is C19H16O2. The summed E-state index contributed by atoms with van der Waals surface area (Å²) in [6.07, 6.45) is 0. The van der Waals surface area contributed by atoms with Crippen molar-refractivity contribution in [3.8, 4) is 11.1 Å². The summed E-state index contributed by atoms with van der Waals surface area (Å²) in [6.45, 7) is 1.75. The van der Waals surface area contributed by atoms with E-state index < -0.39 is 11.9 Å². The van der Waals surface area contributed by atoms with Gasteiger partial charge in [-0.25, -0.2) is 0 Å². The topological polar surface area (TPSA) is 37.3 Å². The van der Waals surface area contributed by atoms with Gasteiger partial charge in [-0.2, -0.15) is 0 Å². The van der Waals surface area contributed by atoms with Crippen LogP contribution < -0.4 is 0 Å². The molecule has 0 radical (unpaired) electrons. The predicted octanol–water partition coefficient (Wildman–Crippen LogP) is 4.69. The lowest BCUT2D eigenvalue weighted by Gasteiger charge is -2.16. The van der Waals surface area contributed by atoms with E-state index in [4.69, 9.17) is 0 Å². The van der Waals surface area contributed by atoms with Gasteiger partial charge in [-0.05, 0) is 34.4 Å². The van der Waals surface area contributed by atoms with Gasteiger partial charge in [0.05, 0.1) is 5.92 Å². The van der Waals surface area contributed by atoms with Crippen LogP contribution in [0.15, 0.2) is 66.7 Å². The third-order valence-electron chi connectivity index (χ3n) is 3.86. The normalized spacial score (nSPS) is 12.2. The lowest BCUT2D eigenvalue weighted by atomic mass is 9.87. The van der Waals surface area contributed by atoms with Gasteiger partial charge in [0.25, 0.3) is 0 Å². The van der Waals surface area contributed by atoms with Gasteiger partial charge in [0, 0.05) is 0 Å². The molecule has 0 aliphatic carbocycles. The standard InChI is InChI=1S/C19H16O2/c1-13(19(20)21)18-16-10-6-5-9-15(16)11-12-17(18)14-7-3-2-4-8-14/h2-13H,1H3,(H,20,21)/t13-/m1/s1. The van der Waals surface area contributed by atoms with Crippen molar-refractivity contribution in [2.75, 3.05) is 0 Å². The highest BCUT2D eigenvalue weighted by Gasteiger charge is 2.20. The molecule has 0 saturated heterocycles. The summed E-state index contributed by atoms with van der Waals surface area (Å²) < 4.78 is 0. The number of aliphatic carboxylic acids is 1. The molecule has 0 heterocycles. The van der Waals surface area contributed by atoms with Crippen molar-refractivity contribution in [3.05, 3.63) is 72.3 Å². The van der Waals surface area contributed by atoms with Crippen LogP contribution in [0.4, 0.5) is 0 Å². The SMILES string of the molecule is C[C@@H](C(=O)O)c1c(-c2ccccc2)ccc2ccccc12. The molecule has 2 heteroatoms. The van der Waals surface area contributed by atoms with Crippen LogP contribution in [0, 0.1) is 0 Å². The first-order valence-electron chi connectivity index (χ1n) is 6.98. The van der Waals surface area contributed by atoms with Crippen LogP contribution in [0.2, 0.25) is 0 Å². The fourth-order valence-corrected chi connectivity index (χ4v) is 2.76. The number of carboxylic acids is 1. The highest BCUT2D eigenvalue weighted by atomic mass is 16.4. The Morgan fingerprint density at radius 1 is 0.905 bits per heavy atom. The average molecular weight is 276 g/mol. The quantitative estimate of drug-likeness (QED) is 0.753. The molecule has 21 heavy (non-hydrogen) atoms. The molecule has 3 rings (SSSR count). The Balaban J connectivity index is 2.34. The maximum absolute atomic E-state index is 11.5. The van der Waals surface area contributed by atoms with Crippen molar-refractivity contribution in [1.29, 1.82) is 0 Å². The van der Waals surface area contributed by atoms with Gasteiger partial charge in [-0.1, -0.05) is 66.7 Å². The maximum Gasteiger partial charge on any atom is 0.310 e. The summed E-state index contributed by atoms with van der Waals surface area (Å²) >= 11 is 0. The maximum atomic E-state index is 11.5. The van der Waals surface area contributed by atoms with Crippen molar-refractivity contribution in [1.82, 2.24) is 0 Å². The summed E-state index contributed by atoms with van der Waals surface area (Å²) in [5.74, 6) is -1.35. The molecule has 0 fully saturated rings. The number of hydrogen-bond acceptors (Lipinski definition) is 1. The smallest absolute Gasteiger partial charge is 0.310 e. The van der Waals surface area contributed by atoms with Crippen LogP contribution in [0.5, 0.6) is 0 Å². The molecular weight excluding hydrogens is 260 g/mol. The highest BCUT2D eigenvalue weighted by Crippen LogP contribution is 2.35. The summed E-state index contributed by atoms with van der Waals surface area (Å²) in [5.41, 5.74) is 2.92. The number of carboxylic acid groups (broad SMARTS) is 1. The molecule has 0 aliphatic heterocycles. The van der Waals surface area contributed by atoms with E-state index in [-0.39, 0.29) is 0 Å². The molecule has 3 aromatic rings. The number of rotatable bonds is 3. The Labute approximate surface area is 123 Å². The second-order valence-electron chi connectivity index (χ2n) is 5.17. The van der Waals surface area contributed by atoms with Gasteiger partial charge in [0.15, 0.2) is 0 Å². The van der Waals surface area contributed by atoms with Gasteiger partial charge in [0.2, 0.25) is 0 Å². The Morgan fingerprint density at radius 2 is 1.57 bits per heavy atom. The van der Waals surface area contributed by atoms with Crippen molar-refractivity contribution in [2.24, 2.45) is 0 Å². The molecule has 0 aliphatic rings. The molecule has 0 amide bonds. The number of fused-ring (bicyclic) bond motifs is 1. The molecule has 0 bridgehead atoms. The minimum Gasteiger partial charge on any atom is -0.481 e. The molecule has 0 saturated carbocycles. The third-order valence-corrected chi connectivity index (χ3v) is 3.86. The average Bonchev–Trinajstić information content (AvgIpc) is 2.53. The molecule has 3 aromatic carbocycles. The van der Waals surface area contributed by atoms with Crippen LogP contribution in [-0.4, -0.2) is 11.1 Å². The third kappa shape index (κ3) is 2.40. The summed E-state index contributed by atoms with van der Waals surface area (Å²) in [4.78, 5) is 11.5. The molecule has 104 valence electrons. The van der Waals surface area contributed by atoms with Crippen molar-refractivity contribution < 1.29 is 9.90 Å². The van der Waals surface area contributed by atoms with Crippen molar-refractivity contribution >= 4 is 16.7 Å². The first-order chi connectivity index (χ1) is 10.2. The van der Waals surface area contributed by atoms with Crippen molar-refractivity contribution in [2.45, 2.75) is 12.8 Å². The van der Waals surface area contributed by atoms with Crippen molar-refractivity contribution in [3.63, 3.8) is 0 Å². The van der Waals surface area contributed by atoms with Gasteiger partial charge >= 0.3 is 5.97 Å². The molecule has 0 aromatic heterocycles. The first-order valence-corrected chi connectivity index (χ1v) is 6.98. The second-order valence-corrected chi connectivity index (χ2v) is 5.17. The zero-order chi connectivity index (χ0) is 14.8. The van der Waals surface area contributed by atoms with Gasteiger partial charge in [-0.3, -0.25) is 4.79 Å². The fourth-order valence-electron chi connectivity index (χ4n) is 2.76. The minimum absolute atomic E-state index is 0.550. The fraction of sp³-hybridized carbons (Fsp3) is 0.105. The van der Waals surface area contributed by atoms with E-state index in [1.165, 1.54) is 0 Å². The zero-order valence-electron chi connectivity index (χ0n) is 11.8. The monoisotopic (exact) mass is 276 g/mol. The Bertz CT molecular complexity index is 791. The largest absolute Gasteiger partial charge is 0.481 e.